The van der Waals surface area contributed by atoms with Gasteiger partial charge in [-0.1, -0.05) is 204 Å². The lowest BCUT2D eigenvalue weighted by Crippen LogP contribution is -3.00. The number of carbonyl (C=O) groups is 2. The SMILES string of the molecule is CCC(C)(C)C(=O)O.CCC(C)(C)C(=O)O.CCC(C)c1ccc(Cn2n[n+](C)c3ccccc32)cc1.CCC(C)c1ccccc1.CCC(C)c1ccccc1.CCCCn1n[n+](Cc2ccc(C(C)CC)cc2)c2nccnc21.[Cl-].[Cl-]. The summed E-state index contributed by atoms with van der Waals surface area (Å²) in [5.74, 6) is 1.21. The van der Waals surface area contributed by atoms with Crippen LogP contribution in [0.3, 0.4) is 0 Å². The highest BCUT2D eigenvalue weighted by atomic mass is 35.5. The van der Waals surface area contributed by atoms with E-state index in [0.29, 0.717) is 36.5 Å². The van der Waals surface area contributed by atoms with Crippen LogP contribution in [0.25, 0.3) is 22.3 Å². The summed E-state index contributed by atoms with van der Waals surface area (Å²) in [4.78, 5) is 29.4. The molecule has 0 radical (unpaired) electrons. The lowest BCUT2D eigenvalue weighted by atomic mass is 9.91. The zero-order chi connectivity index (χ0) is 60.1. The third-order valence-electron chi connectivity index (χ3n) is 15.7. The average Bonchev–Trinajstić information content (AvgIpc) is 4.18. The third kappa shape index (κ3) is 24.3. The highest BCUT2D eigenvalue weighted by molar-refractivity contribution is 5.74. The zero-order valence-electron chi connectivity index (χ0n) is 53.0. The Morgan fingerprint density at radius 2 is 0.916 bits per heavy atom. The molecule has 4 unspecified atom stereocenters. The van der Waals surface area contributed by atoms with Gasteiger partial charge in [0, 0.05) is 5.21 Å². The van der Waals surface area contributed by atoms with Crippen LogP contribution >= 0.6 is 0 Å². The van der Waals surface area contributed by atoms with Gasteiger partial charge >= 0.3 is 17.6 Å². The summed E-state index contributed by atoms with van der Waals surface area (Å²) in [6, 6.07) is 47.4. The highest BCUT2D eigenvalue weighted by Gasteiger charge is 2.25. The van der Waals surface area contributed by atoms with E-state index in [2.05, 4.69) is 216 Å². The molecule has 3 heterocycles. The van der Waals surface area contributed by atoms with Crippen LogP contribution in [0.4, 0.5) is 0 Å². The van der Waals surface area contributed by atoms with Crippen molar-refractivity contribution in [3.63, 3.8) is 0 Å². The number of carboxylic acids is 2. The predicted molar refractivity (Wildman–Crippen MR) is 334 cm³/mol. The molecular weight excluding hydrogens is 1080 g/mol. The van der Waals surface area contributed by atoms with Crippen molar-refractivity contribution in [3.8, 4) is 0 Å². The predicted octanol–water partition coefficient (Wildman–Crippen LogP) is 10.3. The number of nitrogens with zero attached hydrogens (tertiary/aromatic N) is 8. The summed E-state index contributed by atoms with van der Waals surface area (Å²) >= 11 is 0. The number of rotatable bonds is 19. The minimum Gasteiger partial charge on any atom is -1.00 e. The minimum atomic E-state index is -0.722. The number of para-hydroxylation sites is 2. The molecule has 0 aliphatic heterocycles. The number of aliphatic carboxylic acids is 2. The maximum Gasteiger partial charge on any atom is 0.343 e. The number of aryl methyl sites for hydroxylation is 2. The standard InChI is InChI=1S/C19H26N5.C18H22N3.2C10H14.2C6H12O2.2ClH/c1-4-6-13-23-18-19(21-12-11-20-18)24(22-23)14-16-7-9-17(10-8-16)15(3)5-2;1-4-14(2)16-11-9-15(10-12-16)13-21-18-8-6-5-7-17(18)20(3)19-21;2*1-3-9(2)10-7-5-4-6-8-10;2*1-4-6(2,3)5(7)8;;/h7-12,15H,4-6,13-14H2,1-3H3;5-12,14H,4,13H2,1-3H3;2*4-9H,3H2,1-2H3;2*4H2,1-3H3,(H,7,8);2*1H/q2*+1;;;;;;/p-2. The molecule has 0 saturated carbocycles. The van der Waals surface area contributed by atoms with Crippen LogP contribution in [0, 0.1) is 10.8 Å². The van der Waals surface area contributed by atoms with E-state index in [0.717, 1.165) is 55.7 Å². The molecule has 0 bridgehead atoms. The lowest BCUT2D eigenvalue weighted by Gasteiger charge is -2.14. The second-order valence-electron chi connectivity index (χ2n) is 22.6. The van der Waals surface area contributed by atoms with Crippen molar-refractivity contribution in [2.45, 2.75) is 199 Å². The van der Waals surface area contributed by atoms with E-state index in [9.17, 15) is 9.59 Å². The number of benzene rings is 5. The van der Waals surface area contributed by atoms with Crippen molar-refractivity contribution in [2.24, 2.45) is 17.9 Å². The molecule has 8 aromatic rings. The van der Waals surface area contributed by atoms with Crippen LogP contribution in [-0.2, 0) is 36.3 Å². The topological polar surface area (TPSA) is 144 Å². The Morgan fingerprint density at radius 3 is 1.31 bits per heavy atom. The van der Waals surface area contributed by atoms with Crippen molar-refractivity contribution < 1.29 is 54.0 Å². The molecule has 12 nitrogen and oxygen atoms in total. The molecule has 14 heteroatoms. The van der Waals surface area contributed by atoms with E-state index in [1.165, 1.54) is 58.2 Å². The minimum absolute atomic E-state index is 0. The molecule has 8 rings (SSSR count). The van der Waals surface area contributed by atoms with Gasteiger partial charge in [-0.3, -0.25) is 9.59 Å². The molecule has 0 saturated heterocycles. The van der Waals surface area contributed by atoms with Crippen molar-refractivity contribution in [3.05, 3.63) is 179 Å². The average molecular weight is 1180 g/mol. The van der Waals surface area contributed by atoms with Crippen LogP contribution < -0.4 is 34.2 Å². The van der Waals surface area contributed by atoms with E-state index >= 15 is 0 Å². The molecule has 0 amide bonds. The zero-order valence-corrected chi connectivity index (χ0v) is 54.5. The fraction of sp³-hybridized carbons (Fsp3) is 0.478. The molecule has 0 fully saturated rings. The molecule has 5 aromatic carbocycles. The first kappa shape index (κ1) is 74.5. The van der Waals surface area contributed by atoms with E-state index in [1.54, 1.807) is 40.1 Å². The largest absolute Gasteiger partial charge is 1.00 e. The molecule has 83 heavy (non-hydrogen) atoms. The Labute approximate surface area is 511 Å². The second kappa shape index (κ2) is 38.4. The number of aromatic nitrogens is 8. The first-order chi connectivity index (χ1) is 38.6. The second-order valence-corrected chi connectivity index (χ2v) is 22.6. The van der Waals surface area contributed by atoms with Gasteiger partial charge in [-0.2, -0.15) is 0 Å². The van der Waals surface area contributed by atoms with E-state index in [1.807, 2.05) is 34.9 Å². The van der Waals surface area contributed by atoms with Gasteiger partial charge in [0.25, 0.3) is 5.65 Å². The van der Waals surface area contributed by atoms with Gasteiger partial charge < -0.3 is 35.0 Å². The quantitative estimate of drug-likeness (QED) is 0.0762. The molecule has 0 aliphatic rings. The Kier molecular flexibility index (Phi) is 34.4. The number of halogens is 2. The maximum absolute atomic E-state index is 10.3. The number of carboxylic acid groups (broad SMARTS) is 2. The summed E-state index contributed by atoms with van der Waals surface area (Å²) in [6.07, 6.45) is 11.9. The Hall–Kier alpha value is -6.50. The maximum atomic E-state index is 10.3. The van der Waals surface area contributed by atoms with Crippen LogP contribution in [0.2, 0.25) is 0 Å². The van der Waals surface area contributed by atoms with E-state index in [4.69, 9.17) is 15.4 Å². The number of unbranched alkanes of at least 4 members (excludes halogenated alkanes) is 1. The third-order valence-corrected chi connectivity index (χ3v) is 15.7. The highest BCUT2D eigenvalue weighted by Crippen LogP contribution is 2.23. The normalized spacial score (nSPS) is 12.2. The number of fused-ring (bicyclic) bond motifs is 2. The van der Waals surface area contributed by atoms with Crippen LogP contribution in [-0.4, -0.2) is 51.9 Å². The Balaban J connectivity index is 0.000000528. The summed E-state index contributed by atoms with van der Waals surface area (Å²) in [5, 5.41) is 26.2. The molecular formula is C69H100Cl2N8O4. The fourth-order valence-electron chi connectivity index (χ4n) is 7.86. The van der Waals surface area contributed by atoms with Gasteiger partial charge in [0.2, 0.25) is 0 Å². The van der Waals surface area contributed by atoms with E-state index in [-0.39, 0.29) is 24.8 Å². The van der Waals surface area contributed by atoms with Gasteiger partial charge in [-0.05, 0) is 142 Å². The van der Waals surface area contributed by atoms with Gasteiger partial charge in [0.1, 0.15) is 26.3 Å². The molecule has 3 aromatic heterocycles. The smallest absolute Gasteiger partial charge is 0.343 e. The van der Waals surface area contributed by atoms with Gasteiger partial charge in [0.05, 0.1) is 28.8 Å². The molecule has 2 N–H and O–H groups in total. The van der Waals surface area contributed by atoms with Crippen molar-refractivity contribution >= 4 is 34.3 Å². The van der Waals surface area contributed by atoms with Gasteiger partial charge in [-0.15, -0.1) is 23.7 Å². The lowest BCUT2D eigenvalue weighted by molar-refractivity contribution is -0.726. The van der Waals surface area contributed by atoms with Crippen LogP contribution in [0.5, 0.6) is 0 Å². The van der Waals surface area contributed by atoms with Crippen LogP contribution in [0.1, 0.15) is 212 Å². The number of hydrogen-bond donors (Lipinski definition) is 2. The summed E-state index contributed by atoms with van der Waals surface area (Å²) in [7, 11) is 1.99. The summed E-state index contributed by atoms with van der Waals surface area (Å²) in [6.45, 7) is 33.2. The first-order valence-corrected chi connectivity index (χ1v) is 29.7. The Morgan fingerprint density at radius 1 is 0.518 bits per heavy atom. The van der Waals surface area contributed by atoms with Crippen LogP contribution in [0.15, 0.2) is 146 Å². The van der Waals surface area contributed by atoms with Crippen molar-refractivity contribution in [1.29, 1.82) is 0 Å². The van der Waals surface area contributed by atoms with Crippen molar-refractivity contribution in [1.82, 2.24) is 29.8 Å². The Bertz CT molecular complexity index is 2960. The molecule has 0 aliphatic carbocycles. The summed E-state index contributed by atoms with van der Waals surface area (Å²) in [5.41, 5.74) is 11.2. The molecule has 454 valence electrons. The summed E-state index contributed by atoms with van der Waals surface area (Å²) < 4.78 is 7.92. The van der Waals surface area contributed by atoms with E-state index < -0.39 is 22.8 Å². The monoisotopic (exact) mass is 1170 g/mol. The number of hydrogen-bond acceptors (Lipinski definition) is 6. The van der Waals surface area contributed by atoms with Crippen molar-refractivity contribution in [2.75, 3.05) is 0 Å². The molecule has 0 spiro atoms. The van der Waals surface area contributed by atoms with Gasteiger partial charge in [-0.25, -0.2) is 4.98 Å². The fourth-order valence-corrected chi connectivity index (χ4v) is 7.86. The molecule has 4 atom stereocenters. The van der Waals surface area contributed by atoms with Gasteiger partial charge in [0.15, 0.2) is 11.0 Å². The first-order valence-electron chi connectivity index (χ1n) is 29.7.